The highest BCUT2D eigenvalue weighted by atomic mass is 32.1. The Morgan fingerprint density at radius 3 is 2.19 bits per heavy atom. The molecule has 0 saturated carbocycles. The lowest BCUT2D eigenvalue weighted by atomic mass is 10.2. The second-order valence-corrected chi connectivity index (χ2v) is 7.76. The van der Waals surface area contributed by atoms with Crippen molar-refractivity contribution in [3.8, 4) is 0 Å². The van der Waals surface area contributed by atoms with Crippen molar-refractivity contribution < 1.29 is 14.0 Å². The Kier molecular flexibility index (Phi) is 4.70. The molecule has 0 aliphatic heterocycles. The SMILES string of the molecule is O=C(Nc1cccc(NC(=O)c2cc3c(F)cccc3s2)c1)c1cccs1. The van der Waals surface area contributed by atoms with E-state index in [1.54, 1.807) is 48.5 Å². The molecule has 0 aliphatic rings. The van der Waals surface area contributed by atoms with Crippen molar-refractivity contribution in [2.45, 2.75) is 0 Å². The molecular weight excluding hydrogens is 383 g/mol. The molecule has 0 bridgehead atoms. The van der Waals surface area contributed by atoms with Gasteiger partial charge in [-0.15, -0.1) is 22.7 Å². The molecule has 27 heavy (non-hydrogen) atoms. The second kappa shape index (κ2) is 7.30. The van der Waals surface area contributed by atoms with Gasteiger partial charge in [-0.25, -0.2) is 4.39 Å². The van der Waals surface area contributed by atoms with Gasteiger partial charge in [-0.1, -0.05) is 18.2 Å². The van der Waals surface area contributed by atoms with Gasteiger partial charge in [0, 0.05) is 21.5 Å². The standard InChI is InChI=1S/C20H13FN2O2S2/c21-15-6-2-7-16-14(15)11-18(27-16)20(25)23-13-5-1-4-12(10-13)22-19(24)17-8-3-9-26-17/h1-11H,(H,22,24)(H,23,25). The molecule has 0 atom stereocenters. The Hall–Kier alpha value is -3.03. The third-order valence-electron chi connectivity index (χ3n) is 3.86. The van der Waals surface area contributed by atoms with Gasteiger partial charge in [-0.3, -0.25) is 9.59 Å². The van der Waals surface area contributed by atoms with Crippen molar-refractivity contribution in [1.82, 2.24) is 0 Å². The molecule has 0 fully saturated rings. The number of carbonyl (C=O) groups is 2. The van der Waals surface area contributed by atoms with Crippen molar-refractivity contribution in [1.29, 1.82) is 0 Å². The highest BCUT2D eigenvalue weighted by Gasteiger charge is 2.13. The second-order valence-electron chi connectivity index (χ2n) is 5.73. The number of nitrogens with one attached hydrogen (secondary N) is 2. The van der Waals surface area contributed by atoms with Crippen molar-refractivity contribution in [3.05, 3.63) is 81.6 Å². The molecule has 7 heteroatoms. The van der Waals surface area contributed by atoms with Gasteiger partial charge in [0.15, 0.2) is 0 Å². The predicted molar refractivity (Wildman–Crippen MR) is 108 cm³/mol. The van der Waals surface area contributed by atoms with E-state index in [9.17, 15) is 14.0 Å². The highest BCUT2D eigenvalue weighted by molar-refractivity contribution is 7.20. The number of benzene rings is 2. The number of anilines is 2. The summed E-state index contributed by atoms with van der Waals surface area (Å²) in [4.78, 5) is 25.7. The fraction of sp³-hybridized carbons (Fsp3) is 0. The number of carbonyl (C=O) groups excluding carboxylic acids is 2. The maximum atomic E-state index is 13.8. The molecule has 0 saturated heterocycles. The number of fused-ring (bicyclic) bond motifs is 1. The Labute approximate surface area is 162 Å². The van der Waals surface area contributed by atoms with Gasteiger partial charge in [0.2, 0.25) is 0 Å². The van der Waals surface area contributed by atoms with Crippen LogP contribution in [0.5, 0.6) is 0 Å². The van der Waals surface area contributed by atoms with E-state index in [-0.39, 0.29) is 17.6 Å². The molecule has 4 nitrogen and oxygen atoms in total. The van der Waals surface area contributed by atoms with Crippen LogP contribution in [0.3, 0.4) is 0 Å². The normalized spacial score (nSPS) is 10.7. The average molecular weight is 396 g/mol. The Balaban J connectivity index is 1.51. The Morgan fingerprint density at radius 2 is 1.52 bits per heavy atom. The third kappa shape index (κ3) is 3.74. The van der Waals surface area contributed by atoms with E-state index in [4.69, 9.17) is 0 Å². The molecule has 4 aromatic rings. The fourth-order valence-electron chi connectivity index (χ4n) is 2.61. The summed E-state index contributed by atoms with van der Waals surface area (Å²) >= 11 is 2.59. The van der Waals surface area contributed by atoms with Crippen molar-refractivity contribution in [2.75, 3.05) is 10.6 Å². The maximum absolute atomic E-state index is 13.8. The summed E-state index contributed by atoms with van der Waals surface area (Å²) in [7, 11) is 0. The van der Waals surface area contributed by atoms with Gasteiger partial charge in [0.1, 0.15) is 5.82 Å². The van der Waals surface area contributed by atoms with Gasteiger partial charge in [0.25, 0.3) is 11.8 Å². The van der Waals surface area contributed by atoms with E-state index in [0.717, 1.165) is 4.70 Å². The van der Waals surface area contributed by atoms with Crippen LogP contribution < -0.4 is 10.6 Å². The molecule has 134 valence electrons. The van der Waals surface area contributed by atoms with Gasteiger partial charge >= 0.3 is 0 Å². The monoisotopic (exact) mass is 396 g/mol. The van der Waals surface area contributed by atoms with Gasteiger partial charge < -0.3 is 10.6 Å². The molecule has 0 unspecified atom stereocenters. The van der Waals surface area contributed by atoms with E-state index in [0.29, 0.717) is 26.5 Å². The van der Waals surface area contributed by atoms with E-state index < -0.39 is 0 Å². The topological polar surface area (TPSA) is 58.2 Å². The van der Waals surface area contributed by atoms with Crippen LogP contribution in [0.2, 0.25) is 0 Å². The first-order valence-electron chi connectivity index (χ1n) is 8.04. The number of thiophene rings is 2. The lowest BCUT2D eigenvalue weighted by molar-refractivity contribution is 0.102. The van der Waals surface area contributed by atoms with Crippen LogP contribution in [0.1, 0.15) is 19.3 Å². The summed E-state index contributed by atoms with van der Waals surface area (Å²) in [6, 6.07) is 16.8. The third-order valence-corrected chi connectivity index (χ3v) is 5.82. The van der Waals surface area contributed by atoms with Crippen LogP contribution in [-0.2, 0) is 0 Å². The molecule has 2 amide bonds. The van der Waals surface area contributed by atoms with E-state index in [1.807, 2.05) is 11.4 Å². The predicted octanol–water partition coefficient (Wildman–Crippen LogP) is 5.61. The van der Waals surface area contributed by atoms with Crippen molar-refractivity contribution >= 4 is 55.9 Å². The number of hydrogen-bond acceptors (Lipinski definition) is 4. The van der Waals surface area contributed by atoms with Crippen LogP contribution in [0.15, 0.2) is 66.0 Å². The molecular formula is C20H13FN2O2S2. The number of amides is 2. The van der Waals surface area contributed by atoms with Gasteiger partial charge in [-0.2, -0.15) is 0 Å². The minimum atomic E-state index is -0.346. The molecule has 0 radical (unpaired) electrons. The maximum Gasteiger partial charge on any atom is 0.265 e. The van der Waals surface area contributed by atoms with Crippen molar-refractivity contribution in [3.63, 3.8) is 0 Å². The molecule has 2 N–H and O–H groups in total. The van der Waals surface area contributed by atoms with Gasteiger partial charge in [0.05, 0.1) is 9.75 Å². The number of rotatable bonds is 4. The van der Waals surface area contributed by atoms with E-state index in [2.05, 4.69) is 10.6 Å². The first-order valence-corrected chi connectivity index (χ1v) is 9.74. The molecule has 0 aliphatic carbocycles. The zero-order chi connectivity index (χ0) is 18.8. The van der Waals surface area contributed by atoms with Crippen molar-refractivity contribution in [2.24, 2.45) is 0 Å². The Morgan fingerprint density at radius 1 is 0.815 bits per heavy atom. The summed E-state index contributed by atoms with van der Waals surface area (Å²) in [5.74, 6) is -0.869. The first kappa shape index (κ1) is 17.4. The van der Waals surface area contributed by atoms with Gasteiger partial charge in [-0.05, 0) is 47.8 Å². The largest absolute Gasteiger partial charge is 0.321 e. The summed E-state index contributed by atoms with van der Waals surface area (Å²) < 4.78 is 14.5. The van der Waals surface area contributed by atoms with E-state index in [1.165, 1.54) is 28.7 Å². The first-order chi connectivity index (χ1) is 13.1. The van der Waals surface area contributed by atoms with Crippen LogP contribution in [0, 0.1) is 5.82 Å². The number of hydrogen-bond donors (Lipinski definition) is 2. The lowest BCUT2D eigenvalue weighted by Crippen LogP contribution is -2.12. The highest BCUT2D eigenvalue weighted by Crippen LogP contribution is 2.28. The lowest BCUT2D eigenvalue weighted by Gasteiger charge is -2.07. The molecule has 0 spiro atoms. The summed E-state index contributed by atoms with van der Waals surface area (Å²) in [6.45, 7) is 0. The zero-order valence-corrected chi connectivity index (χ0v) is 15.5. The summed E-state index contributed by atoms with van der Waals surface area (Å²) in [5, 5.41) is 7.85. The molecule has 2 aromatic carbocycles. The Bertz CT molecular complexity index is 1140. The molecule has 2 heterocycles. The fourth-order valence-corrected chi connectivity index (χ4v) is 4.19. The summed E-state index contributed by atoms with van der Waals surface area (Å²) in [5.41, 5.74) is 1.12. The molecule has 2 aromatic heterocycles. The molecule has 4 rings (SSSR count). The minimum Gasteiger partial charge on any atom is -0.321 e. The number of halogens is 1. The van der Waals surface area contributed by atoms with E-state index >= 15 is 0 Å². The van der Waals surface area contributed by atoms with Crippen LogP contribution >= 0.6 is 22.7 Å². The minimum absolute atomic E-state index is 0.201. The van der Waals surface area contributed by atoms with Crippen LogP contribution in [-0.4, -0.2) is 11.8 Å². The van der Waals surface area contributed by atoms with Crippen LogP contribution in [0.4, 0.5) is 15.8 Å². The average Bonchev–Trinajstić information content (AvgIpc) is 3.32. The smallest absolute Gasteiger partial charge is 0.265 e. The zero-order valence-electron chi connectivity index (χ0n) is 13.9. The quantitative estimate of drug-likeness (QED) is 0.471. The summed E-state index contributed by atoms with van der Waals surface area (Å²) in [6.07, 6.45) is 0. The van der Waals surface area contributed by atoms with Crippen LogP contribution in [0.25, 0.3) is 10.1 Å².